The normalized spacial score (nSPS) is 10.5. The molecule has 1 heterocycles. The van der Waals surface area contributed by atoms with Crippen LogP contribution in [-0.2, 0) is 6.54 Å². The number of hydrogen-bond acceptors (Lipinski definition) is 6. The molecule has 0 spiro atoms. The fraction of sp³-hybridized carbons (Fsp3) is 0.312. The Morgan fingerprint density at radius 1 is 1.33 bits per heavy atom. The van der Waals surface area contributed by atoms with Gasteiger partial charge in [0.05, 0.1) is 12.2 Å². The Hall–Kier alpha value is -2.74. The van der Waals surface area contributed by atoms with Crippen LogP contribution in [0.1, 0.15) is 22.3 Å². The SMILES string of the molecule is CN(Cc1cnc(N)nc1)C(=O)c1cc(F)ccc1OCCCN. The maximum atomic E-state index is 13.6. The standard InChI is InChI=1S/C16H20FN5O2/c1-22(10-11-8-20-16(19)21-9-11)15(23)13-7-12(17)3-4-14(13)24-6-2-5-18/h3-4,7-9H,2,5-6,10,18H2,1H3,(H2,19,20,21). The van der Waals surface area contributed by atoms with Crippen LogP contribution in [0.3, 0.4) is 0 Å². The van der Waals surface area contributed by atoms with E-state index in [2.05, 4.69) is 9.97 Å². The number of ether oxygens (including phenoxy) is 1. The Labute approximate surface area is 139 Å². The molecule has 0 aliphatic rings. The molecule has 0 radical (unpaired) electrons. The Kier molecular flexibility index (Phi) is 6.02. The summed E-state index contributed by atoms with van der Waals surface area (Å²) in [7, 11) is 1.60. The second kappa shape index (κ2) is 8.21. The summed E-state index contributed by atoms with van der Waals surface area (Å²) in [4.78, 5) is 21.8. The van der Waals surface area contributed by atoms with Crippen LogP contribution in [0.5, 0.6) is 5.75 Å². The highest BCUT2D eigenvalue weighted by atomic mass is 19.1. The van der Waals surface area contributed by atoms with E-state index in [-0.39, 0.29) is 24.0 Å². The van der Waals surface area contributed by atoms with E-state index >= 15 is 0 Å². The van der Waals surface area contributed by atoms with Gasteiger partial charge in [0, 0.05) is 31.5 Å². The maximum absolute atomic E-state index is 13.6. The molecular formula is C16H20FN5O2. The summed E-state index contributed by atoms with van der Waals surface area (Å²) in [5.41, 5.74) is 11.7. The Morgan fingerprint density at radius 3 is 2.71 bits per heavy atom. The zero-order valence-corrected chi connectivity index (χ0v) is 13.4. The molecule has 1 aromatic heterocycles. The fourth-order valence-electron chi connectivity index (χ4n) is 2.06. The maximum Gasteiger partial charge on any atom is 0.257 e. The fourth-order valence-corrected chi connectivity index (χ4v) is 2.06. The van der Waals surface area contributed by atoms with Crippen molar-refractivity contribution >= 4 is 11.9 Å². The van der Waals surface area contributed by atoms with Crippen LogP contribution in [-0.4, -0.2) is 41.0 Å². The minimum atomic E-state index is -0.506. The van der Waals surface area contributed by atoms with Gasteiger partial charge in [0.15, 0.2) is 0 Å². The number of nitrogens with two attached hydrogens (primary N) is 2. The van der Waals surface area contributed by atoms with Gasteiger partial charge in [-0.15, -0.1) is 0 Å². The smallest absolute Gasteiger partial charge is 0.257 e. The van der Waals surface area contributed by atoms with Crippen molar-refractivity contribution in [2.24, 2.45) is 5.73 Å². The molecule has 2 aromatic rings. The Morgan fingerprint density at radius 2 is 2.04 bits per heavy atom. The third-order valence-electron chi connectivity index (χ3n) is 3.27. The monoisotopic (exact) mass is 333 g/mol. The molecular weight excluding hydrogens is 313 g/mol. The molecule has 0 saturated heterocycles. The summed E-state index contributed by atoms with van der Waals surface area (Å²) >= 11 is 0. The average molecular weight is 333 g/mol. The Bertz CT molecular complexity index is 693. The zero-order valence-electron chi connectivity index (χ0n) is 13.4. The van der Waals surface area contributed by atoms with Gasteiger partial charge in [-0.05, 0) is 31.2 Å². The highest BCUT2D eigenvalue weighted by Crippen LogP contribution is 2.22. The first kappa shape index (κ1) is 17.6. The molecule has 1 aromatic carbocycles. The molecule has 0 aliphatic heterocycles. The molecule has 4 N–H and O–H groups in total. The van der Waals surface area contributed by atoms with Gasteiger partial charge in [-0.25, -0.2) is 14.4 Å². The number of benzene rings is 1. The predicted molar refractivity (Wildman–Crippen MR) is 87.8 cm³/mol. The number of carbonyl (C=O) groups excluding carboxylic acids is 1. The van der Waals surface area contributed by atoms with E-state index in [0.29, 0.717) is 30.9 Å². The Balaban J connectivity index is 2.14. The van der Waals surface area contributed by atoms with Crippen LogP contribution in [0.2, 0.25) is 0 Å². The molecule has 7 nitrogen and oxygen atoms in total. The van der Waals surface area contributed by atoms with Gasteiger partial charge < -0.3 is 21.1 Å². The van der Waals surface area contributed by atoms with Crippen LogP contribution < -0.4 is 16.2 Å². The molecule has 0 aliphatic carbocycles. The van der Waals surface area contributed by atoms with Crippen molar-refractivity contribution in [3.63, 3.8) is 0 Å². The van der Waals surface area contributed by atoms with Crippen molar-refractivity contribution in [3.05, 3.63) is 47.5 Å². The molecule has 0 saturated carbocycles. The summed E-state index contributed by atoms with van der Waals surface area (Å²) in [6.07, 6.45) is 3.72. The number of rotatable bonds is 7. The van der Waals surface area contributed by atoms with Gasteiger partial charge in [-0.3, -0.25) is 4.79 Å². The molecule has 1 amide bonds. The number of amides is 1. The number of anilines is 1. The number of hydrogen-bond donors (Lipinski definition) is 2. The number of nitrogens with zero attached hydrogens (tertiary/aromatic N) is 3. The minimum Gasteiger partial charge on any atom is -0.493 e. The lowest BCUT2D eigenvalue weighted by molar-refractivity contribution is 0.0780. The molecule has 0 fully saturated rings. The molecule has 128 valence electrons. The van der Waals surface area contributed by atoms with Crippen molar-refractivity contribution in [1.82, 2.24) is 14.9 Å². The number of halogens is 1. The summed E-state index contributed by atoms with van der Waals surface area (Å²) in [6.45, 7) is 1.09. The van der Waals surface area contributed by atoms with Gasteiger partial charge in [-0.2, -0.15) is 0 Å². The average Bonchev–Trinajstić information content (AvgIpc) is 2.57. The first-order chi connectivity index (χ1) is 11.5. The lowest BCUT2D eigenvalue weighted by Gasteiger charge is -2.19. The number of nitrogen functional groups attached to an aromatic ring is 1. The zero-order chi connectivity index (χ0) is 17.5. The van der Waals surface area contributed by atoms with E-state index in [9.17, 15) is 9.18 Å². The van der Waals surface area contributed by atoms with Crippen LogP contribution in [0.25, 0.3) is 0 Å². The van der Waals surface area contributed by atoms with E-state index in [1.54, 1.807) is 7.05 Å². The summed E-state index contributed by atoms with van der Waals surface area (Å²) in [5.74, 6) is -0.383. The van der Waals surface area contributed by atoms with Crippen molar-refractivity contribution in [2.45, 2.75) is 13.0 Å². The van der Waals surface area contributed by atoms with E-state index in [1.165, 1.54) is 29.4 Å². The molecule has 0 atom stereocenters. The van der Waals surface area contributed by atoms with Gasteiger partial charge in [0.25, 0.3) is 5.91 Å². The molecule has 0 unspecified atom stereocenters. The van der Waals surface area contributed by atoms with E-state index in [0.717, 1.165) is 6.07 Å². The predicted octanol–water partition coefficient (Wildman–Crippen LogP) is 1.20. The molecule has 24 heavy (non-hydrogen) atoms. The van der Waals surface area contributed by atoms with Crippen LogP contribution in [0, 0.1) is 5.82 Å². The largest absolute Gasteiger partial charge is 0.493 e. The lowest BCUT2D eigenvalue weighted by atomic mass is 10.1. The molecule has 0 bridgehead atoms. The van der Waals surface area contributed by atoms with Crippen molar-refractivity contribution in [1.29, 1.82) is 0 Å². The first-order valence-corrected chi connectivity index (χ1v) is 7.45. The number of carbonyl (C=O) groups is 1. The summed E-state index contributed by atoms with van der Waals surface area (Å²) in [5, 5.41) is 0. The van der Waals surface area contributed by atoms with Gasteiger partial charge in [-0.1, -0.05) is 0 Å². The van der Waals surface area contributed by atoms with Crippen molar-refractivity contribution in [2.75, 3.05) is 25.9 Å². The highest BCUT2D eigenvalue weighted by Gasteiger charge is 2.18. The van der Waals surface area contributed by atoms with E-state index in [1.807, 2.05) is 0 Å². The second-order valence-electron chi connectivity index (χ2n) is 5.24. The van der Waals surface area contributed by atoms with Gasteiger partial charge in [0.2, 0.25) is 5.95 Å². The van der Waals surface area contributed by atoms with Gasteiger partial charge >= 0.3 is 0 Å². The third kappa shape index (κ3) is 4.63. The quantitative estimate of drug-likeness (QED) is 0.737. The lowest BCUT2D eigenvalue weighted by Crippen LogP contribution is -2.27. The topological polar surface area (TPSA) is 107 Å². The van der Waals surface area contributed by atoms with E-state index in [4.69, 9.17) is 16.2 Å². The summed E-state index contributed by atoms with van der Waals surface area (Å²) in [6, 6.07) is 3.86. The number of aromatic nitrogens is 2. The third-order valence-corrected chi connectivity index (χ3v) is 3.27. The second-order valence-corrected chi connectivity index (χ2v) is 5.24. The van der Waals surface area contributed by atoms with Crippen molar-refractivity contribution < 1.29 is 13.9 Å². The van der Waals surface area contributed by atoms with Gasteiger partial charge in [0.1, 0.15) is 11.6 Å². The molecule has 8 heteroatoms. The van der Waals surface area contributed by atoms with Crippen LogP contribution in [0.4, 0.5) is 10.3 Å². The van der Waals surface area contributed by atoms with Crippen LogP contribution >= 0.6 is 0 Å². The first-order valence-electron chi connectivity index (χ1n) is 7.45. The highest BCUT2D eigenvalue weighted by molar-refractivity contribution is 5.96. The van der Waals surface area contributed by atoms with E-state index < -0.39 is 5.82 Å². The van der Waals surface area contributed by atoms with Crippen LogP contribution in [0.15, 0.2) is 30.6 Å². The minimum absolute atomic E-state index is 0.158. The summed E-state index contributed by atoms with van der Waals surface area (Å²) < 4.78 is 19.1. The molecule has 2 rings (SSSR count). The van der Waals surface area contributed by atoms with Crippen molar-refractivity contribution in [3.8, 4) is 5.75 Å².